The molecular weight excluding hydrogens is 400 g/mol. The summed E-state index contributed by atoms with van der Waals surface area (Å²) in [7, 11) is -2.38. The van der Waals surface area contributed by atoms with E-state index in [0.717, 1.165) is 5.02 Å². The first-order valence-corrected chi connectivity index (χ1v) is 12.7. The first-order valence-electron chi connectivity index (χ1n) is 10.3. The van der Waals surface area contributed by atoms with Crippen molar-refractivity contribution in [2.24, 2.45) is 0 Å². The Bertz CT molecular complexity index is 1520. The molecule has 0 saturated carbocycles. The molecule has 0 saturated heterocycles. The van der Waals surface area contributed by atoms with Gasteiger partial charge in [-0.15, -0.1) is 0 Å². The third-order valence-corrected chi connectivity index (χ3v) is 12.1. The zero-order chi connectivity index (χ0) is 19.9. The average molecular weight is 417 g/mol. The first kappa shape index (κ1) is 16.6. The summed E-state index contributed by atoms with van der Waals surface area (Å²) in [6, 6.07) is 38.0. The number of benzene rings is 5. The predicted molar refractivity (Wildman–Crippen MR) is 131 cm³/mol. The first-order chi connectivity index (χ1) is 14.8. The summed E-state index contributed by atoms with van der Waals surface area (Å²) in [6.07, 6.45) is 0. The Morgan fingerprint density at radius 3 is 2.03 bits per heavy atom. The van der Waals surface area contributed by atoms with Gasteiger partial charge in [0.05, 0.1) is 0 Å². The van der Waals surface area contributed by atoms with Crippen LogP contribution in [0.25, 0.3) is 33.0 Å². The van der Waals surface area contributed by atoms with E-state index in [0.29, 0.717) is 0 Å². The smallest absolute Gasteiger partial charge is 0.0843 e. The van der Waals surface area contributed by atoms with E-state index >= 15 is 0 Å². The number of halogens is 1. The van der Waals surface area contributed by atoms with Crippen LogP contribution in [0, 0.1) is 0 Å². The Balaban J connectivity index is 1.75. The van der Waals surface area contributed by atoms with E-state index in [1.165, 1.54) is 53.8 Å². The molecule has 7 rings (SSSR count). The molecule has 1 unspecified atom stereocenters. The minimum atomic E-state index is -2.38. The van der Waals surface area contributed by atoms with E-state index in [2.05, 4.69) is 97.1 Å². The van der Waals surface area contributed by atoms with Gasteiger partial charge >= 0.3 is 0 Å². The predicted octanol–water partition coefficient (Wildman–Crippen LogP) is 4.83. The number of fused-ring (bicyclic) bond motifs is 12. The van der Waals surface area contributed by atoms with E-state index in [4.69, 9.17) is 11.6 Å². The molecule has 0 aliphatic carbocycles. The molecule has 2 aliphatic rings. The molecule has 0 bridgehead atoms. The highest BCUT2D eigenvalue weighted by atomic mass is 35.5. The second-order valence-corrected chi connectivity index (χ2v) is 12.3. The van der Waals surface area contributed by atoms with Crippen LogP contribution in [0.3, 0.4) is 0 Å². The van der Waals surface area contributed by atoms with Gasteiger partial charge in [0.15, 0.2) is 8.07 Å². The Kier molecular flexibility index (Phi) is 3.17. The molecule has 0 fully saturated rings. The molecular formula is C28H17ClSi. The monoisotopic (exact) mass is 416 g/mol. The Labute approximate surface area is 181 Å². The molecule has 1 spiro atoms. The van der Waals surface area contributed by atoms with Crippen molar-refractivity contribution in [1.82, 2.24) is 0 Å². The molecule has 5 aromatic rings. The van der Waals surface area contributed by atoms with Gasteiger partial charge in [-0.3, -0.25) is 0 Å². The molecule has 0 aromatic heterocycles. The quantitative estimate of drug-likeness (QED) is 0.310. The van der Waals surface area contributed by atoms with Crippen LogP contribution in [0.1, 0.15) is 0 Å². The van der Waals surface area contributed by atoms with Crippen molar-refractivity contribution in [1.29, 1.82) is 0 Å². The topological polar surface area (TPSA) is 0 Å². The highest BCUT2D eigenvalue weighted by Gasteiger charge is 2.54. The lowest BCUT2D eigenvalue weighted by atomic mass is 9.98. The standard InChI is InChI=1S/C28H17ClSi/c29-19-14-15-22-21-9-3-5-11-24(21)30(27(22)17-19)25-12-6-4-10-23(25)28-20-8-2-1-7-18(20)13-16-26(28)30/h1-17H. The van der Waals surface area contributed by atoms with Crippen LogP contribution in [-0.2, 0) is 0 Å². The van der Waals surface area contributed by atoms with Gasteiger partial charge in [0, 0.05) is 5.02 Å². The van der Waals surface area contributed by atoms with Crippen molar-refractivity contribution in [3.8, 4) is 22.3 Å². The van der Waals surface area contributed by atoms with Crippen LogP contribution in [0.2, 0.25) is 5.02 Å². The van der Waals surface area contributed by atoms with Gasteiger partial charge in [0.2, 0.25) is 0 Å². The van der Waals surface area contributed by atoms with Gasteiger partial charge in [-0.1, -0.05) is 103 Å². The fourth-order valence-electron chi connectivity index (χ4n) is 5.88. The van der Waals surface area contributed by atoms with Gasteiger partial charge < -0.3 is 0 Å². The van der Waals surface area contributed by atoms with Gasteiger partial charge in [-0.2, -0.15) is 0 Å². The third-order valence-electron chi connectivity index (χ3n) is 6.94. The van der Waals surface area contributed by atoms with E-state index < -0.39 is 8.07 Å². The minimum absolute atomic E-state index is 0.820. The van der Waals surface area contributed by atoms with Crippen LogP contribution in [0.4, 0.5) is 0 Å². The van der Waals surface area contributed by atoms with E-state index in [-0.39, 0.29) is 0 Å². The van der Waals surface area contributed by atoms with Crippen LogP contribution >= 0.6 is 11.6 Å². The fraction of sp³-hybridized carbons (Fsp3) is 0. The third kappa shape index (κ3) is 1.83. The zero-order valence-corrected chi connectivity index (χ0v) is 17.9. The molecule has 5 aromatic carbocycles. The summed E-state index contributed by atoms with van der Waals surface area (Å²) in [6.45, 7) is 0. The van der Waals surface area contributed by atoms with E-state index in [1.54, 1.807) is 0 Å². The normalized spacial score (nSPS) is 17.6. The summed E-state index contributed by atoms with van der Waals surface area (Å²) in [4.78, 5) is 0. The van der Waals surface area contributed by atoms with Crippen molar-refractivity contribution < 1.29 is 0 Å². The molecule has 0 amide bonds. The average Bonchev–Trinajstić information content (AvgIpc) is 3.26. The Morgan fingerprint density at radius 1 is 0.500 bits per heavy atom. The van der Waals surface area contributed by atoms with Crippen molar-refractivity contribution in [2.45, 2.75) is 0 Å². The minimum Gasteiger partial charge on any atom is -0.0843 e. The lowest BCUT2D eigenvalue weighted by Gasteiger charge is -2.27. The van der Waals surface area contributed by atoms with Crippen molar-refractivity contribution >= 4 is 51.2 Å². The SMILES string of the molecule is Clc1ccc2c(c1)[Si]1(c3ccccc3-2)c2ccccc2-c2c1ccc1ccccc21. The summed E-state index contributed by atoms with van der Waals surface area (Å²) in [5.41, 5.74) is 5.51. The van der Waals surface area contributed by atoms with Crippen LogP contribution in [0.15, 0.2) is 103 Å². The Hall–Kier alpha value is -3.13. The maximum atomic E-state index is 6.60. The highest BCUT2D eigenvalue weighted by Crippen LogP contribution is 2.39. The van der Waals surface area contributed by atoms with Crippen molar-refractivity contribution in [3.63, 3.8) is 0 Å². The summed E-state index contributed by atoms with van der Waals surface area (Å²) < 4.78 is 0. The summed E-state index contributed by atoms with van der Waals surface area (Å²) in [5, 5.41) is 9.37. The van der Waals surface area contributed by atoms with Gasteiger partial charge in [-0.25, -0.2) is 0 Å². The van der Waals surface area contributed by atoms with Crippen LogP contribution in [-0.4, -0.2) is 8.07 Å². The second-order valence-electron chi connectivity index (χ2n) is 8.24. The molecule has 2 heterocycles. The fourth-order valence-corrected chi connectivity index (χ4v) is 11.8. The van der Waals surface area contributed by atoms with Crippen LogP contribution in [0.5, 0.6) is 0 Å². The molecule has 0 radical (unpaired) electrons. The summed E-state index contributed by atoms with van der Waals surface area (Å²) >= 11 is 6.60. The van der Waals surface area contributed by atoms with Crippen LogP contribution < -0.4 is 20.7 Å². The van der Waals surface area contributed by atoms with Crippen molar-refractivity contribution in [3.05, 3.63) is 108 Å². The number of hydrogen-bond donors (Lipinski definition) is 0. The number of rotatable bonds is 0. The molecule has 2 heteroatoms. The second kappa shape index (κ2) is 5.72. The molecule has 140 valence electrons. The zero-order valence-electron chi connectivity index (χ0n) is 16.2. The molecule has 1 atom stereocenters. The number of hydrogen-bond acceptors (Lipinski definition) is 0. The van der Waals surface area contributed by atoms with Crippen molar-refractivity contribution in [2.75, 3.05) is 0 Å². The maximum Gasteiger partial charge on any atom is 0.182 e. The maximum absolute atomic E-state index is 6.60. The molecule has 0 N–H and O–H groups in total. The summed E-state index contributed by atoms with van der Waals surface area (Å²) in [5.74, 6) is 0. The largest absolute Gasteiger partial charge is 0.182 e. The lowest BCUT2D eigenvalue weighted by molar-refractivity contribution is 1.71. The highest BCUT2D eigenvalue weighted by molar-refractivity contribution is 7.24. The van der Waals surface area contributed by atoms with Gasteiger partial charge in [-0.05, 0) is 65.9 Å². The lowest BCUT2D eigenvalue weighted by Crippen LogP contribution is -2.70. The molecule has 0 nitrogen and oxygen atoms in total. The Morgan fingerprint density at radius 2 is 1.17 bits per heavy atom. The van der Waals surface area contributed by atoms with Gasteiger partial charge in [0.25, 0.3) is 0 Å². The van der Waals surface area contributed by atoms with E-state index in [9.17, 15) is 0 Å². The molecule has 2 aliphatic heterocycles. The van der Waals surface area contributed by atoms with E-state index in [1.807, 2.05) is 6.07 Å². The molecule has 30 heavy (non-hydrogen) atoms. The van der Waals surface area contributed by atoms with Gasteiger partial charge in [0.1, 0.15) is 0 Å².